The predicted molar refractivity (Wildman–Crippen MR) is 79.5 cm³/mol. The number of hydrogen-bond acceptors (Lipinski definition) is 5. The van der Waals surface area contributed by atoms with Crippen LogP contribution in [-0.4, -0.2) is 52.1 Å². The van der Waals surface area contributed by atoms with E-state index in [0.717, 1.165) is 5.69 Å². The van der Waals surface area contributed by atoms with E-state index < -0.39 is 10.0 Å². The first-order chi connectivity index (χ1) is 10.5. The number of aliphatic hydroxyl groups excluding tert-OH is 1. The van der Waals surface area contributed by atoms with Crippen molar-refractivity contribution in [2.45, 2.75) is 10.9 Å². The van der Waals surface area contributed by atoms with Gasteiger partial charge in [-0.05, 0) is 12.1 Å². The zero-order valence-electron chi connectivity index (χ0n) is 12.2. The molecule has 0 aromatic carbocycles. The number of aliphatic hydroxyl groups is 1. The molecule has 7 nitrogen and oxygen atoms in total. The third-order valence-electron chi connectivity index (χ3n) is 4.00. The molecule has 0 amide bonds. The zero-order chi connectivity index (χ0) is 15.7. The summed E-state index contributed by atoms with van der Waals surface area (Å²) in [5, 5.41) is 9.62. The van der Waals surface area contributed by atoms with Crippen LogP contribution in [0.3, 0.4) is 0 Å². The minimum Gasteiger partial charge on any atom is -0.396 e. The fraction of sp³-hybridized carbons (Fsp3) is 0.429. The second kappa shape index (κ2) is 5.79. The largest absolute Gasteiger partial charge is 0.396 e. The molecule has 2 atom stereocenters. The molecule has 0 saturated carbocycles. The minimum atomic E-state index is -3.64. The van der Waals surface area contributed by atoms with Gasteiger partial charge >= 0.3 is 0 Å². The maximum Gasteiger partial charge on any atom is 0.262 e. The SMILES string of the molecule is Cn1cnc(S(=O)(=O)N2C[C@@H](CO)[C@H](c3ccccn3)C2)c1. The summed E-state index contributed by atoms with van der Waals surface area (Å²) in [5.74, 6) is -0.266. The molecular weight excluding hydrogens is 304 g/mol. The Kier molecular flexibility index (Phi) is 3.98. The summed E-state index contributed by atoms with van der Waals surface area (Å²) >= 11 is 0. The number of sulfonamides is 1. The van der Waals surface area contributed by atoms with Crippen molar-refractivity contribution in [2.75, 3.05) is 19.7 Å². The van der Waals surface area contributed by atoms with Gasteiger partial charge in [-0.1, -0.05) is 6.07 Å². The van der Waals surface area contributed by atoms with Crippen LogP contribution in [0, 0.1) is 5.92 Å². The predicted octanol–water partition coefficient (Wildman–Crippen LogP) is 0.212. The average Bonchev–Trinajstić information content (AvgIpc) is 3.14. The lowest BCUT2D eigenvalue weighted by Crippen LogP contribution is -2.29. The van der Waals surface area contributed by atoms with Crippen molar-refractivity contribution >= 4 is 10.0 Å². The van der Waals surface area contributed by atoms with Gasteiger partial charge in [0.25, 0.3) is 10.0 Å². The Hall–Kier alpha value is -1.77. The summed E-state index contributed by atoms with van der Waals surface area (Å²) in [6.07, 6.45) is 4.62. The van der Waals surface area contributed by atoms with Crippen LogP contribution in [0.15, 0.2) is 41.9 Å². The number of rotatable bonds is 4. The van der Waals surface area contributed by atoms with E-state index in [0.29, 0.717) is 6.54 Å². The number of hydrogen-bond donors (Lipinski definition) is 1. The summed E-state index contributed by atoms with van der Waals surface area (Å²) in [6.45, 7) is 0.507. The van der Waals surface area contributed by atoms with Gasteiger partial charge in [0.05, 0.1) is 6.33 Å². The maximum absolute atomic E-state index is 12.6. The van der Waals surface area contributed by atoms with Gasteiger partial charge in [-0.2, -0.15) is 4.31 Å². The van der Waals surface area contributed by atoms with E-state index in [4.69, 9.17) is 0 Å². The summed E-state index contributed by atoms with van der Waals surface area (Å²) in [6, 6.07) is 5.55. The molecule has 0 bridgehead atoms. The van der Waals surface area contributed by atoms with Crippen LogP contribution < -0.4 is 0 Å². The lowest BCUT2D eigenvalue weighted by molar-refractivity contribution is 0.222. The van der Waals surface area contributed by atoms with E-state index in [9.17, 15) is 13.5 Å². The van der Waals surface area contributed by atoms with Crippen LogP contribution in [0.25, 0.3) is 0 Å². The Morgan fingerprint density at radius 3 is 2.73 bits per heavy atom. The lowest BCUT2D eigenvalue weighted by atomic mass is 9.93. The zero-order valence-corrected chi connectivity index (χ0v) is 13.0. The van der Waals surface area contributed by atoms with Crippen molar-refractivity contribution in [1.82, 2.24) is 18.8 Å². The topological polar surface area (TPSA) is 88.3 Å². The maximum atomic E-state index is 12.6. The monoisotopic (exact) mass is 322 g/mol. The Morgan fingerprint density at radius 1 is 1.32 bits per heavy atom. The molecule has 0 unspecified atom stereocenters. The number of aromatic nitrogens is 3. The quantitative estimate of drug-likeness (QED) is 0.869. The van der Waals surface area contributed by atoms with Crippen LogP contribution in [0.4, 0.5) is 0 Å². The highest BCUT2D eigenvalue weighted by Gasteiger charge is 2.41. The molecule has 1 saturated heterocycles. The van der Waals surface area contributed by atoms with Crippen molar-refractivity contribution in [3.05, 3.63) is 42.6 Å². The van der Waals surface area contributed by atoms with Gasteiger partial charge in [0.2, 0.25) is 0 Å². The molecule has 0 spiro atoms. The van der Waals surface area contributed by atoms with E-state index in [1.807, 2.05) is 18.2 Å². The molecule has 1 fully saturated rings. The Bertz CT molecular complexity index is 744. The molecular formula is C14H18N4O3S. The molecule has 3 heterocycles. The van der Waals surface area contributed by atoms with Crippen LogP contribution in [0.2, 0.25) is 0 Å². The Morgan fingerprint density at radius 2 is 2.14 bits per heavy atom. The van der Waals surface area contributed by atoms with E-state index >= 15 is 0 Å². The fourth-order valence-electron chi connectivity index (χ4n) is 2.80. The number of nitrogens with zero attached hydrogens (tertiary/aromatic N) is 4. The van der Waals surface area contributed by atoms with Gasteiger partial charge in [0.15, 0.2) is 5.03 Å². The highest BCUT2D eigenvalue weighted by atomic mass is 32.2. The lowest BCUT2D eigenvalue weighted by Gasteiger charge is -2.15. The van der Waals surface area contributed by atoms with E-state index in [-0.39, 0.29) is 30.0 Å². The molecule has 2 aromatic heterocycles. The first kappa shape index (κ1) is 15.1. The van der Waals surface area contributed by atoms with Crippen LogP contribution in [0.5, 0.6) is 0 Å². The van der Waals surface area contributed by atoms with Crippen molar-refractivity contribution in [2.24, 2.45) is 13.0 Å². The van der Waals surface area contributed by atoms with Crippen LogP contribution in [0.1, 0.15) is 11.6 Å². The van der Waals surface area contributed by atoms with Gasteiger partial charge in [0, 0.05) is 56.7 Å². The number of pyridine rings is 1. The average molecular weight is 322 g/mol. The molecule has 3 rings (SSSR count). The van der Waals surface area contributed by atoms with E-state index in [2.05, 4.69) is 9.97 Å². The first-order valence-corrected chi connectivity index (χ1v) is 8.46. The molecule has 0 radical (unpaired) electrons. The van der Waals surface area contributed by atoms with Crippen molar-refractivity contribution < 1.29 is 13.5 Å². The van der Waals surface area contributed by atoms with E-state index in [1.54, 1.807) is 17.8 Å². The molecule has 118 valence electrons. The van der Waals surface area contributed by atoms with Gasteiger partial charge < -0.3 is 9.67 Å². The summed E-state index contributed by atoms with van der Waals surface area (Å²) < 4.78 is 28.3. The van der Waals surface area contributed by atoms with Crippen LogP contribution in [-0.2, 0) is 17.1 Å². The van der Waals surface area contributed by atoms with Crippen molar-refractivity contribution in [1.29, 1.82) is 0 Å². The minimum absolute atomic E-state index is 0.0355. The summed E-state index contributed by atoms with van der Waals surface area (Å²) in [7, 11) is -1.91. The standard InChI is InChI=1S/C14H18N4O3S/c1-17-8-14(16-10-17)22(20,21)18-6-11(9-19)12(7-18)13-4-2-3-5-15-13/h2-5,8,10-12,19H,6-7,9H2,1H3/t11-,12+/m0/s1. The highest BCUT2D eigenvalue weighted by Crippen LogP contribution is 2.34. The number of aryl methyl sites for hydroxylation is 1. The van der Waals surface area contributed by atoms with Crippen LogP contribution >= 0.6 is 0 Å². The van der Waals surface area contributed by atoms with Gasteiger partial charge in [0.1, 0.15) is 0 Å². The van der Waals surface area contributed by atoms with Gasteiger partial charge in [-0.15, -0.1) is 0 Å². The number of imidazole rings is 1. The third kappa shape index (κ3) is 2.65. The highest BCUT2D eigenvalue weighted by molar-refractivity contribution is 7.89. The Labute approximate surface area is 129 Å². The summed E-state index contributed by atoms with van der Waals surface area (Å²) in [5.41, 5.74) is 0.806. The molecule has 0 aliphatic carbocycles. The molecule has 1 N–H and O–H groups in total. The summed E-state index contributed by atoms with van der Waals surface area (Å²) in [4.78, 5) is 8.24. The Balaban J connectivity index is 1.88. The third-order valence-corrected chi connectivity index (χ3v) is 5.71. The molecule has 1 aliphatic rings. The molecule has 8 heteroatoms. The van der Waals surface area contributed by atoms with Crippen molar-refractivity contribution in [3.63, 3.8) is 0 Å². The smallest absolute Gasteiger partial charge is 0.262 e. The first-order valence-electron chi connectivity index (χ1n) is 7.02. The molecule has 1 aliphatic heterocycles. The second-order valence-corrected chi connectivity index (χ2v) is 7.39. The van der Waals surface area contributed by atoms with Crippen molar-refractivity contribution in [3.8, 4) is 0 Å². The molecule has 22 heavy (non-hydrogen) atoms. The van der Waals surface area contributed by atoms with Gasteiger partial charge in [-0.3, -0.25) is 4.98 Å². The van der Waals surface area contributed by atoms with E-state index in [1.165, 1.54) is 16.8 Å². The molecule has 2 aromatic rings. The second-order valence-electron chi connectivity index (χ2n) is 5.50. The fourth-order valence-corrected chi connectivity index (χ4v) is 4.29. The van der Waals surface area contributed by atoms with Gasteiger partial charge in [-0.25, -0.2) is 13.4 Å². The normalized spacial score (nSPS) is 23.0.